The zero-order valence-electron chi connectivity index (χ0n) is 21.7. The highest BCUT2D eigenvalue weighted by Gasteiger charge is 2.56. The molecule has 0 bridgehead atoms. The number of carboxylic acid groups (broad SMARTS) is 1. The van der Waals surface area contributed by atoms with Gasteiger partial charge in [0.1, 0.15) is 23.5 Å². The molecule has 2 aromatic heterocycles. The van der Waals surface area contributed by atoms with Gasteiger partial charge in [0.15, 0.2) is 10.8 Å². The van der Waals surface area contributed by atoms with Gasteiger partial charge in [-0.3, -0.25) is 14.1 Å². The zero-order valence-corrected chi connectivity index (χ0v) is 23.3. The van der Waals surface area contributed by atoms with Crippen LogP contribution in [0.2, 0.25) is 0 Å². The maximum atomic E-state index is 13.2. The van der Waals surface area contributed by atoms with Crippen LogP contribution in [-0.2, 0) is 42.6 Å². The van der Waals surface area contributed by atoms with Crippen LogP contribution in [0.1, 0.15) is 30.7 Å². The molecule has 4 rings (SSSR count). The van der Waals surface area contributed by atoms with Crippen LogP contribution in [0.15, 0.2) is 16.7 Å². The molecule has 1 aliphatic heterocycles. The van der Waals surface area contributed by atoms with E-state index in [1.807, 2.05) is 0 Å². The lowest BCUT2D eigenvalue weighted by molar-refractivity contribution is -0.153. The highest BCUT2D eigenvalue weighted by atomic mass is 32.2. The number of amides is 4. The molecule has 0 unspecified atom stereocenters. The Hall–Kier alpha value is -4.41. The van der Waals surface area contributed by atoms with Crippen molar-refractivity contribution < 1.29 is 42.1 Å². The van der Waals surface area contributed by atoms with Gasteiger partial charge in [0.25, 0.3) is 11.8 Å². The Morgan fingerprint density at radius 3 is 2.62 bits per heavy atom. The normalized spacial score (nSPS) is 19.5. The van der Waals surface area contributed by atoms with E-state index in [0.717, 1.165) is 16.1 Å². The van der Waals surface area contributed by atoms with Gasteiger partial charge < -0.3 is 37.4 Å². The Morgan fingerprint density at radius 2 is 2.02 bits per heavy atom. The molecule has 0 aromatic carbocycles. The molecule has 9 N–H and O–H groups in total. The summed E-state index contributed by atoms with van der Waals surface area (Å²) in [5.74, 6) is -3.50. The number of hydrogen-bond donors (Lipinski definition) is 7. The van der Waals surface area contributed by atoms with E-state index in [1.165, 1.54) is 11.6 Å². The first kappa shape index (κ1) is 30.5. The van der Waals surface area contributed by atoms with Crippen molar-refractivity contribution in [2.24, 2.45) is 10.9 Å². The lowest BCUT2D eigenvalue weighted by atomic mass is 9.98. The molecule has 2 atom stereocenters. The van der Waals surface area contributed by atoms with Crippen LogP contribution in [-0.4, -0.2) is 103 Å². The quantitative estimate of drug-likeness (QED) is 0.0360. The molecule has 0 radical (unpaired) electrons. The number of thiazole rings is 1. The first-order chi connectivity index (χ1) is 19.8. The van der Waals surface area contributed by atoms with Crippen molar-refractivity contribution in [3.63, 3.8) is 0 Å². The summed E-state index contributed by atoms with van der Waals surface area (Å²) in [5.41, 5.74) is 9.11. The van der Waals surface area contributed by atoms with Gasteiger partial charge in [-0.05, 0) is 13.0 Å². The van der Waals surface area contributed by atoms with E-state index in [9.17, 15) is 37.3 Å². The first-order valence-corrected chi connectivity index (χ1v) is 14.6. The van der Waals surface area contributed by atoms with Crippen molar-refractivity contribution in [2.45, 2.75) is 50.0 Å². The van der Waals surface area contributed by atoms with Crippen molar-refractivity contribution in [3.05, 3.63) is 23.0 Å². The fraction of sp³-hybridized carbons (Fsp3) is 0.500. The number of nitrogens with zero attached hydrogens (tertiary/aromatic N) is 6. The standard InChI is InChI=1S/C20H27N11O9S2/c21-4-1-5-23-19(36)24-6-10-7-25-30(28-10)8-12-14(16(33)31(12)42(37,38)39)27-15(32)13(11-9-41-18(22)26-11)29-40-20(2-3-20)17(34)35/h7,9,12,14H,1-6,8,21H2,(H2,22,26)(H,27,32)(H,34,35)(H2,23,24,36)(H,37,38,39)/t12-,14-/m0/s1. The molecule has 4 amide bonds. The number of β-lactam (4-membered cyclic amide) rings is 1. The average molecular weight is 630 g/mol. The maximum absolute atomic E-state index is 13.2. The zero-order chi connectivity index (χ0) is 30.7. The number of aliphatic carboxylic acids is 1. The second-order valence-electron chi connectivity index (χ2n) is 9.17. The van der Waals surface area contributed by atoms with Crippen molar-refractivity contribution in [2.75, 3.05) is 18.8 Å². The lowest BCUT2D eigenvalue weighted by Crippen LogP contribution is -2.73. The number of anilines is 1. The molecular weight excluding hydrogens is 602 g/mol. The second-order valence-corrected chi connectivity index (χ2v) is 11.4. The Morgan fingerprint density at radius 1 is 1.29 bits per heavy atom. The summed E-state index contributed by atoms with van der Waals surface area (Å²) in [6.07, 6.45) is 2.18. The summed E-state index contributed by atoms with van der Waals surface area (Å²) in [6.45, 7) is 0.355. The Labute approximate surface area is 241 Å². The summed E-state index contributed by atoms with van der Waals surface area (Å²) < 4.78 is 33.6. The number of carboxylic acids is 1. The number of nitrogen functional groups attached to an aromatic ring is 1. The van der Waals surface area contributed by atoms with E-state index >= 15 is 0 Å². The minimum atomic E-state index is -5.04. The molecule has 1 saturated carbocycles. The molecule has 228 valence electrons. The molecular formula is C20H27N11O9S2. The molecule has 2 aliphatic rings. The van der Waals surface area contributed by atoms with Crippen LogP contribution < -0.4 is 27.4 Å². The summed E-state index contributed by atoms with van der Waals surface area (Å²) >= 11 is 0.955. The van der Waals surface area contributed by atoms with E-state index in [2.05, 4.69) is 36.3 Å². The van der Waals surface area contributed by atoms with Crippen molar-refractivity contribution in [1.82, 2.24) is 40.2 Å². The minimum Gasteiger partial charge on any atom is -0.478 e. The monoisotopic (exact) mass is 629 g/mol. The molecule has 20 nitrogen and oxygen atoms in total. The van der Waals surface area contributed by atoms with Gasteiger partial charge in [0.2, 0.25) is 5.60 Å². The number of nitrogens with two attached hydrogens (primary N) is 2. The number of nitrogens with one attached hydrogen (secondary N) is 3. The largest absolute Gasteiger partial charge is 0.478 e. The summed E-state index contributed by atoms with van der Waals surface area (Å²) in [7, 11) is -5.04. The van der Waals surface area contributed by atoms with Gasteiger partial charge in [-0.25, -0.2) is 18.9 Å². The van der Waals surface area contributed by atoms with Crippen LogP contribution >= 0.6 is 11.3 Å². The van der Waals surface area contributed by atoms with Crippen molar-refractivity contribution >= 4 is 56.3 Å². The first-order valence-electron chi connectivity index (χ1n) is 12.3. The highest BCUT2D eigenvalue weighted by Crippen LogP contribution is 2.40. The van der Waals surface area contributed by atoms with Gasteiger partial charge >= 0.3 is 22.3 Å². The highest BCUT2D eigenvalue weighted by molar-refractivity contribution is 7.84. The summed E-state index contributed by atoms with van der Waals surface area (Å²) in [4.78, 5) is 59.2. The third-order valence-corrected chi connectivity index (χ3v) is 7.74. The van der Waals surface area contributed by atoms with Crippen LogP contribution in [0.3, 0.4) is 0 Å². The van der Waals surface area contributed by atoms with E-state index in [-0.39, 0.29) is 40.2 Å². The molecule has 3 heterocycles. The van der Waals surface area contributed by atoms with Crippen LogP contribution in [0.25, 0.3) is 0 Å². The van der Waals surface area contributed by atoms with E-state index in [1.54, 1.807) is 0 Å². The molecule has 1 saturated heterocycles. The fourth-order valence-electron chi connectivity index (χ4n) is 3.75. The van der Waals surface area contributed by atoms with E-state index in [4.69, 9.17) is 16.3 Å². The molecule has 22 heteroatoms. The molecule has 2 fully saturated rings. The predicted molar refractivity (Wildman–Crippen MR) is 142 cm³/mol. The number of urea groups is 1. The van der Waals surface area contributed by atoms with Crippen LogP contribution in [0, 0.1) is 0 Å². The fourth-order valence-corrected chi connectivity index (χ4v) is 5.17. The van der Waals surface area contributed by atoms with Gasteiger partial charge in [-0.2, -0.15) is 23.4 Å². The van der Waals surface area contributed by atoms with Gasteiger partial charge in [0.05, 0.1) is 19.3 Å². The number of carbonyl (C=O) groups is 4. The van der Waals surface area contributed by atoms with Crippen LogP contribution in [0.4, 0.5) is 9.93 Å². The second kappa shape index (κ2) is 12.2. The molecule has 2 aromatic rings. The van der Waals surface area contributed by atoms with Crippen molar-refractivity contribution in [1.29, 1.82) is 0 Å². The third-order valence-electron chi connectivity index (χ3n) is 6.12. The average Bonchev–Trinajstić information content (AvgIpc) is 3.38. The summed E-state index contributed by atoms with van der Waals surface area (Å²) in [6, 6.07) is -3.35. The smallest absolute Gasteiger partial charge is 0.362 e. The van der Waals surface area contributed by atoms with Gasteiger partial charge in [-0.15, -0.1) is 11.3 Å². The van der Waals surface area contributed by atoms with Gasteiger partial charge in [0, 0.05) is 24.8 Å². The van der Waals surface area contributed by atoms with Crippen LogP contribution in [0.5, 0.6) is 0 Å². The third kappa shape index (κ3) is 6.89. The Bertz CT molecular complexity index is 1500. The Balaban J connectivity index is 1.47. The van der Waals surface area contributed by atoms with Gasteiger partial charge in [-0.1, -0.05) is 5.16 Å². The SMILES string of the molecule is NCCCNC(=O)NCc1cnn(C[C@H]2[C@H](NC(=O)C(=NOC3(C(=O)O)CC3)c3csc(N)n3)C(=O)N2S(=O)(=O)O)n1. The summed E-state index contributed by atoms with van der Waals surface area (Å²) in [5, 5.41) is 30.0. The number of carbonyl (C=O) groups excluding carboxylic acids is 3. The maximum Gasteiger partial charge on any atom is 0.362 e. The van der Waals surface area contributed by atoms with E-state index < -0.39 is 64.1 Å². The predicted octanol–water partition coefficient (Wildman–Crippen LogP) is -3.00. The number of oxime groups is 1. The van der Waals surface area contributed by atoms with Crippen molar-refractivity contribution in [3.8, 4) is 0 Å². The molecule has 0 spiro atoms. The topological polar surface area (TPSA) is 299 Å². The number of rotatable bonds is 14. The number of hydrogen-bond acceptors (Lipinski definition) is 14. The minimum absolute atomic E-state index is 0.0331. The number of aromatic nitrogens is 4. The Kier molecular flexibility index (Phi) is 8.89. The lowest BCUT2D eigenvalue weighted by Gasteiger charge is -2.43. The molecule has 1 aliphatic carbocycles. The van der Waals surface area contributed by atoms with E-state index in [0.29, 0.717) is 19.5 Å². The molecule has 42 heavy (non-hydrogen) atoms.